The molecular weight excluding hydrogens is 226 g/mol. The number of hydrogen-bond acceptors (Lipinski definition) is 3. The number of aromatic nitrogens is 2. The zero-order valence-electron chi connectivity index (χ0n) is 10.3. The molecule has 3 aliphatic rings. The highest BCUT2D eigenvalue weighted by atomic mass is 16.3. The van der Waals surface area contributed by atoms with Gasteiger partial charge in [0.05, 0.1) is 5.69 Å². The predicted octanol–water partition coefficient (Wildman–Crippen LogP) is 1.48. The smallest absolute Gasteiger partial charge is 0.137 e. The molecule has 3 fully saturated rings. The van der Waals surface area contributed by atoms with E-state index in [9.17, 15) is 5.11 Å². The summed E-state index contributed by atoms with van der Waals surface area (Å²) in [7, 11) is 0. The lowest BCUT2D eigenvalue weighted by molar-refractivity contribution is -0.120. The van der Waals surface area contributed by atoms with E-state index in [1.165, 1.54) is 0 Å². The van der Waals surface area contributed by atoms with Gasteiger partial charge in [-0.05, 0) is 50.0 Å². The average molecular weight is 243 g/mol. The van der Waals surface area contributed by atoms with Gasteiger partial charge in [-0.15, -0.1) is 0 Å². The van der Waals surface area contributed by atoms with E-state index >= 15 is 0 Å². The van der Waals surface area contributed by atoms with E-state index in [0.29, 0.717) is 5.92 Å². The van der Waals surface area contributed by atoms with Crippen molar-refractivity contribution in [3.63, 3.8) is 0 Å². The second kappa shape index (κ2) is 3.56. The van der Waals surface area contributed by atoms with Crippen molar-refractivity contribution in [2.24, 2.45) is 5.92 Å². The van der Waals surface area contributed by atoms with Crippen LogP contribution < -0.4 is 0 Å². The summed E-state index contributed by atoms with van der Waals surface area (Å²) < 4.78 is 0. The van der Waals surface area contributed by atoms with Crippen molar-refractivity contribution in [3.8, 4) is 0 Å². The summed E-state index contributed by atoms with van der Waals surface area (Å²) in [5.41, 5.74) is 1.10. The summed E-state index contributed by atoms with van der Waals surface area (Å²) in [5, 5.41) is 12.1. The summed E-state index contributed by atoms with van der Waals surface area (Å²) in [6.45, 7) is 3.02. The van der Waals surface area contributed by atoms with Crippen LogP contribution in [0.2, 0.25) is 0 Å². The van der Waals surface area contributed by atoms with Gasteiger partial charge in [0.25, 0.3) is 0 Å². The van der Waals surface area contributed by atoms with Crippen molar-refractivity contribution in [1.82, 2.24) is 14.9 Å². The molecule has 2 aromatic heterocycles. The Morgan fingerprint density at radius 1 is 1.39 bits per heavy atom. The first kappa shape index (κ1) is 10.5. The normalized spacial score (nSPS) is 35.2. The zero-order valence-corrected chi connectivity index (χ0v) is 10.3. The van der Waals surface area contributed by atoms with Crippen molar-refractivity contribution in [2.45, 2.75) is 18.4 Å². The van der Waals surface area contributed by atoms with Crippen LogP contribution in [0.1, 0.15) is 18.5 Å². The van der Waals surface area contributed by atoms with Gasteiger partial charge in [-0.25, -0.2) is 4.98 Å². The summed E-state index contributed by atoms with van der Waals surface area (Å²) in [6.07, 6.45) is 3.97. The van der Waals surface area contributed by atoms with Crippen molar-refractivity contribution in [2.75, 3.05) is 19.6 Å². The lowest BCUT2D eigenvalue weighted by Gasteiger charge is -2.50. The van der Waals surface area contributed by atoms with Gasteiger partial charge in [-0.1, -0.05) is 0 Å². The molecule has 5 heterocycles. The summed E-state index contributed by atoms with van der Waals surface area (Å²) >= 11 is 0. The van der Waals surface area contributed by atoms with Gasteiger partial charge in [0.1, 0.15) is 11.2 Å². The van der Waals surface area contributed by atoms with Crippen molar-refractivity contribution in [3.05, 3.63) is 30.1 Å². The Balaban J connectivity index is 1.81. The van der Waals surface area contributed by atoms with E-state index in [4.69, 9.17) is 0 Å². The fourth-order valence-electron chi connectivity index (χ4n) is 3.53. The van der Waals surface area contributed by atoms with Crippen LogP contribution in [0.25, 0.3) is 11.0 Å². The standard InChI is InChI=1S/C14H17N3O/c18-14(9-17-6-3-11(14)4-7-17)12-8-10-2-1-5-15-13(10)16-12/h1-2,5,8,11,18H,3-4,6-7,9H2,(H,15,16). The lowest BCUT2D eigenvalue weighted by atomic mass is 9.73. The molecule has 3 saturated heterocycles. The highest BCUT2D eigenvalue weighted by Gasteiger charge is 2.47. The molecule has 3 aliphatic heterocycles. The molecule has 0 saturated carbocycles. The molecule has 1 atom stereocenters. The van der Waals surface area contributed by atoms with Gasteiger partial charge in [0.2, 0.25) is 0 Å². The third kappa shape index (κ3) is 1.36. The first-order valence-electron chi connectivity index (χ1n) is 6.65. The molecule has 2 bridgehead atoms. The third-order valence-electron chi connectivity index (χ3n) is 4.59. The largest absolute Gasteiger partial charge is 0.382 e. The number of H-pyrrole nitrogens is 1. The monoisotopic (exact) mass is 243 g/mol. The molecule has 2 aromatic rings. The second-order valence-corrected chi connectivity index (χ2v) is 5.60. The SMILES string of the molecule is OC1(c2cc3cccnc3[nH]2)CN2CCC1CC2. The minimum atomic E-state index is -0.711. The first-order valence-corrected chi connectivity index (χ1v) is 6.65. The summed E-state index contributed by atoms with van der Waals surface area (Å²) in [5.74, 6) is 0.385. The second-order valence-electron chi connectivity index (χ2n) is 5.60. The van der Waals surface area contributed by atoms with Crippen LogP contribution in [-0.4, -0.2) is 39.6 Å². The maximum atomic E-state index is 11.0. The lowest BCUT2D eigenvalue weighted by Crippen LogP contribution is -2.57. The molecule has 0 aromatic carbocycles. The number of nitrogens with one attached hydrogen (secondary N) is 1. The van der Waals surface area contributed by atoms with E-state index < -0.39 is 5.60 Å². The molecule has 1 unspecified atom stereocenters. The maximum absolute atomic E-state index is 11.0. The fourth-order valence-corrected chi connectivity index (χ4v) is 3.53. The minimum Gasteiger partial charge on any atom is -0.382 e. The van der Waals surface area contributed by atoms with Gasteiger partial charge < -0.3 is 15.0 Å². The van der Waals surface area contributed by atoms with Crippen LogP contribution >= 0.6 is 0 Å². The minimum absolute atomic E-state index is 0.385. The van der Waals surface area contributed by atoms with Gasteiger partial charge >= 0.3 is 0 Å². The number of piperidine rings is 3. The number of aromatic amines is 1. The molecule has 5 rings (SSSR count). The topological polar surface area (TPSA) is 52.2 Å². The van der Waals surface area contributed by atoms with Gasteiger partial charge in [0.15, 0.2) is 0 Å². The molecule has 94 valence electrons. The van der Waals surface area contributed by atoms with Crippen LogP contribution in [0.15, 0.2) is 24.4 Å². The fraction of sp³-hybridized carbons (Fsp3) is 0.500. The molecule has 0 amide bonds. The highest BCUT2D eigenvalue weighted by Crippen LogP contribution is 2.42. The van der Waals surface area contributed by atoms with Crippen LogP contribution in [0.4, 0.5) is 0 Å². The molecule has 4 heteroatoms. The van der Waals surface area contributed by atoms with Crippen molar-refractivity contribution < 1.29 is 5.11 Å². The Morgan fingerprint density at radius 2 is 2.22 bits per heavy atom. The Hall–Kier alpha value is -1.39. The number of nitrogens with zero attached hydrogens (tertiary/aromatic N) is 2. The van der Waals surface area contributed by atoms with E-state index in [0.717, 1.165) is 49.2 Å². The third-order valence-corrected chi connectivity index (χ3v) is 4.59. The average Bonchev–Trinajstić information content (AvgIpc) is 2.84. The van der Waals surface area contributed by atoms with Crippen LogP contribution in [0.3, 0.4) is 0 Å². The predicted molar refractivity (Wildman–Crippen MR) is 69.2 cm³/mol. The quantitative estimate of drug-likeness (QED) is 0.797. The van der Waals surface area contributed by atoms with E-state index in [2.05, 4.69) is 20.9 Å². The van der Waals surface area contributed by atoms with E-state index in [-0.39, 0.29) is 0 Å². The zero-order chi connectivity index (χ0) is 12.2. The maximum Gasteiger partial charge on any atom is 0.137 e. The highest BCUT2D eigenvalue weighted by molar-refractivity contribution is 5.76. The number of pyridine rings is 1. The van der Waals surface area contributed by atoms with Gasteiger partial charge in [-0.3, -0.25) is 0 Å². The van der Waals surface area contributed by atoms with Crippen molar-refractivity contribution >= 4 is 11.0 Å². The molecule has 0 radical (unpaired) electrons. The number of rotatable bonds is 1. The van der Waals surface area contributed by atoms with E-state index in [1.807, 2.05) is 12.1 Å². The Morgan fingerprint density at radius 3 is 2.89 bits per heavy atom. The number of aliphatic hydroxyl groups is 1. The van der Waals surface area contributed by atoms with Crippen LogP contribution in [0.5, 0.6) is 0 Å². The molecule has 0 aliphatic carbocycles. The molecule has 18 heavy (non-hydrogen) atoms. The number of hydrogen-bond donors (Lipinski definition) is 2. The molecule has 2 N–H and O–H groups in total. The van der Waals surface area contributed by atoms with Gasteiger partial charge in [0, 0.05) is 18.1 Å². The van der Waals surface area contributed by atoms with Crippen molar-refractivity contribution in [1.29, 1.82) is 0 Å². The molecular formula is C14H17N3O. The molecule has 0 spiro atoms. The van der Waals surface area contributed by atoms with Gasteiger partial charge in [-0.2, -0.15) is 0 Å². The van der Waals surface area contributed by atoms with E-state index in [1.54, 1.807) is 6.20 Å². The summed E-state index contributed by atoms with van der Waals surface area (Å²) in [6, 6.07) is 6.03. The summed E-state index contributed by atoms with van der Waals surface area (Å²) in [4.78, 5) is 9.97. The molecule has 4 nitrogen and oxygen atoms in total. The number of fused-ring (bicyclic) bond motifs is 4. The Bertz CT molecular complexity index is 552. The van der Waals surface area contributed by atoms with Crippen LogP contribution in [0, 0.1) is 5.92 Å². The van der Waals surface area contributed by atoms with Crippen LogP contribution in [-0.2, 0) is 5.60 Å². The Kier molecular flexibility index (Phi) is 2.08. The first-order chi connectivity index (χ1) is 8.75. The Labute approximate surface area is 106 Å².